The van der Waals surface area contributed by atoms with Gasteiger partial charge in [-0.3, -0.25) is 4.99 Å². The molecule has 0 N–H and O–H groups in total. The van der Waals surface area contributed by atoms with Gasteiger partial charge in [-0.2, -0.15) is 9.61 Å². The molecule has 3 heterocycles. The van der Waals surface area contributed by atoms with Gasteiger partial charge in [0.1, 0.15) is 11.0 Å². The van der Waals surface area contributed by atoms with E-state index in [0.29, 0.717) is 24.7 Å². The second kappa shape index (κ2) is 8.28. The molecule has 1 aliphatic rings. The predicted molar refractivity (Wildman–Crippen MR) is 107 cm³/mol. The van der Waals surface area contributed by atoms with Crippen LogP contribution in [0.3, 0.4) is 0 Å². The molecule has 2 aromatic heterocycles. The Bertz CT molecular complexity index is 924. The summed E-state index contributed by atoms with van der Waals surface area (Å²) in [4.78, 5) is 5.22. The molecular weight excluding hydrogens is 390 g/mol. The van der Waals surface area contributed by atoms with E-state index in [1.54, 1.807) is 28.0 Å². The molecule has 0 unspecified atom stereocenters. The highest BCUT2D eigenvalue weighted by molar-refractivity contribution is 8.38. The second-order valence-electron chi connectivity index (χ2n) is 5.26. The fourth-order valence-electron chi connectivity index (χ4n) is 2.36. The van der Waals surface area contributed by atoms with Gasteiger partial charge >= 0.3 is 0 Å². The number of fused-ring (bicyclic) bond motifs is 1. The first-order valence-electron chi connectivity index (χ1n) is 8.18. The van der Waals surface area contributed by atoms with E-state index in [1.165, 1.54) is 11.3 Å². The Labute approximate surface area is 163 Å². The van der Waals surface area contributed by atoms with E-state index in [4.69, 9.17) is 9.47 Å². The molecule has 4 rings (SSSR count). The summed E-state index contributed by atoms with van der Waals surface area (Å²) >= 11 is 4.96. The van der Waals surface area contributed by atoms with Crippen LogP contribution in [0.2, 0.25) is 0 Å². The van der Waals surface area contributed by atoms with Crippen LogP contribution in [0.25, 0.3) is 4.96 Å². The first-order chi connectivity index (χ1) is 12.8. The molecule has 0 radical (unpaired) electrons. The van der Waals surface area contributed by atoms with Crippen LogP contribution < -0.4 is 9.47 Å². The van der Waals surface area contributed by atoms with Crippen LogP contribution in [0.15, 0.2) is 29.3 Å². The number of aromatic nitrogens is 4. The summed E-state index contributed by atoms with van der Waals surface area (Å²) in [5, 5.41) is 13.9. The van der Waals surface area contributed by atoms with Crippen molar-refractivity contribution in [2.75, 3.05) is 18.9 Å². The summed E-state index contributed by atoms with van der Waals surface area (Å²) in [5.74, 6) is 4.07. The van der Waals surface area contributed by atoms with E-state index in [1.807, 2.05) is 31.2 Å². The molecule has 1 aromatic carbocycles. The molecular formula is C16H17N5O2S3. The van der Waals surface area contributed by atoms with E-state index in [-0.39, 0.29) is 0 Å². The summed E-state index contributed by atoms with van der Waals surface area (Å²) in [5.41, 5.74) is 0. The Balaban J connectivity index is 1.43. The maximum atomic E-state index is 5.89. The first kappa shape index (κ1) is 17.6. The predicted octanol–water partition coefficient (Wildman–Crippen LogP) is 3.50. The van der Waals surface area contributed by atoms with E-state index in [0.717, 1.165) is 38.2 Å². The highest BCUT2D eigenvalue weighted by atomic mass is 32.2. The van der Waals surface area contributed by atoms with Gasteiger partial charge in [0, 0.05) is 5.75 Å². The Morgan fingerprint density at radius 2 is 2.04 bits per heavy atom. The van der Waals surface area contributed by atoms with E-state index < -0.39 is 0 Å². The summed E-state index contributed by atoms with van der Waals surface area (Å²) in [6, 6.07) is 7.65. The molecule has 0 bridgehead atoms. The lowest BCUT2D eigenvalue weighted by Gasteiger charge is -2.10. The Morgan fingerprint density at radius 1 is 1.19 bits per heavy atom. The second-order valence-corrected chi connectivity index (χ2v) is 8.61. The van der Waals surface area contributed by atoms with Gasteiger partial charge in [-0.1, -0.05) is 47.0 Å². The average molecular weight is 408 g/mol. The third-order valence-electron chi connectivity index (χ3n) is 3.48. The van der Waals surface area contributed by atoms with Crippen molar-refractivity contribution in [1.82, 2.24) is 19.8 Å². The standard InChI is InChI=1S/C16H17N5O2S3/c1-2-22-11-5-3-4-6-12(11)23-9-14-20-21-13(18-19-15(21)26-14)10-25-16-17-7-8-24-16/h3-6H,2,7-10H2,1H3. The lowest BCUT2D eigenvalue weighted by molar-refractivity contribution is 0.268. The fraction of sp³-hybridized carbons (Fsp3) is 0.375. The topological polar surface area (TPSA) is 73.9 Å². The van der Waals surface area contributed by atoms with Gasteiger partial charge in [0.15, 0.2) is 22.3 Å². The quantitative estimate of drug-likeness (QED) is 0.593. The molecule has 136 valence electrons. The number of para-hydroxylation sites is 2. The lowest BCUT2D eigenvalue weighted by atomic mass is 10.3. The van der Waals surface area contributed by atoms with Gasteiger partial charge in [0.2, 0.25) is 4.96 Å². The van der Waals surface area contributed by atoms with Gasteiger partial charge in [0.05, 0.1) is 18.9 Å². The molecule has 0 atom stereocenters. The highest BCUT2D eigenvalue weighted by Gasteiger charge is 2.15. The smallest absolute Gasteiger partial charge is 0.234 e. The normalized spacial score (nSPS) is 14.0. The molecule has 26 heavy (non-hydrogen) atoms. The van der Waals surface area contributed by atoms with Crippen LogP contribution in [0.5, 0.6) is 11.5 Å². The maximum absolute atomic E-state index is 5.89. The van der Waals surface area contributed by atoms with Crippen molar-refractivity contribution in [2.24, 2.45) is 4.99 Å². The van der Waals surface area contributed by atoms with Crippen LogP contribution in [0.4, 0.5) is 0 Å². The van der Waals surface area contributed by atoms with Crippen LogP contribution in [-0.4, -0.2) is 43.1 Å². The SMILES string of the molecule is CCOc1ccccc1OCc1nn2c(CSC3=NCCS3)nnc2s1. The Morgan fingerprint density at radius 3 is 2.81 bits per heavy atom. The van der Waals surface area contributed by atoms with Gasteiger partial charge in [-0.15, -0.1) is 10.2 Å². The number of nitrogens with zero attached hydrogens (tertiary/aromatic N) is 5. The van der Waals surface area contributed by atoms with Gasteiger partial charge in [-0.05, 0) is 19.1 Å². The molecule has 7 nitrogen and oxygen atoms in total. The van der Waals surface area contributed by atoms with Gasteiger partial charge in [-0.25, -0.2) is 0 Å². The molecule has 3 aromatic rings. The van der Waals surface area contributed by atoms with Crippen molar-refractivity contribution in [1.29, 1.82) is 0 Å². The molecule has 1 aliphatic heterocycles. The first-order valence-corrected chi connectivity index (χ1v) is 11.0. The number of benzene rings is 1. The molecule has 0 spiro atoms. The summed E-state index contributed by atoms with van der Waals surface area (Å²) < 4.78 is 14.4. The van der Waals surface area contributed by atoms with Crippen molar-refractivity contribution in [3.63, 3.8) is 0 Å². The van der Waals surface area contributed by atoms with Crippen molar-refractivity contribution in [3.8, 4) is 11.5 Å². The molecule has 0 amide bonds. The van der Waals surface area contributed by atoms with Crippen LogP contribution in [0.1, 0.15) is 17.8 Å². The Kier molecular flexibility index (Phi) is 5.61. The van der Waals surface area contributed by atoms with Gasteiger partial charge in [0.25, 0.3) is 0 Å². The third kappa shape index (κ3) is 3.97. The van der Waals surface area contributed by atoms with Crippen LogP contribution in [-0.2, 0) is 12.4 Å². The summed E-state index contributed by atoms with van der Waals surface area (Å²) in [6.45, 7) is 3.83. The number of hydrogen-bond donors (Lipinski definition) is 0. The fourth-order valence-corrected chi connectivity index (χ4v) is 5.04. The molecule has 10 heteroatoms. The number of rotatable bonds is 7. The highest BCUT2D eigenvalue weighted by Crippen LogP contribution is 2.28. The zero-order valence-corrected chi connectivity index (χ0v) is 16.6. The van der Waals surface area contributed by atoms with E-state index in [2.05, 4.69) is 20.3 Å². The maximum Gasteiger partial charge on any atom is 0.234 e. The average Bonchev–Trinajstić information content (AvgIpc) is 3.37. The molecule has 0 fully saturated rings. The summed E-state index contributed by atoms with van der Waals surface area (Å²) in [6.07, 6.45) is 0. The largest absolute Gasteiger partial charge is 0.490 e. The lowest BCUT2D eigenvalue weighted by Crippen LogP contribution is -2.01. The van der Waals surface area contributed by atoms with E-state index >= 15 is 0 Å². The number of hydrogen-bond acceptors (Lipinski definition) is 9. The molecule has 0 aliphatic carbocycles. The van der Waals surface area contributed by atoms with Crippen molar-refractivity contribution in [2.45, 2.75) is 19.3 Å². The number of ether oxygens (including phenoxy) is 2. The van der Waals surface area contributed by atoms with Crippen molar-refractivity contribution in [3.05, 3.63) is 35.1 Å². The van der Waals surface area contributed by atoms with E-state index in [9.17, 15) is 0 Å². The van der Waals surface area contributed by atoms with Crippen LogP contribution >= 0.6 is 34.9 Å². The third-order valence-corrected chi connectivity index (χ3v) is 6.60. The minimum absolute atomic E-state index is 0.368. The number of aliphatic imine (C=N–C) groups is 1. The van der Waals surface area contributed by atoms with Crippen molar-refractivity contribution < 1.29 is 9.47 Å². The minimum atomic E-state index is 0.368. The zero-order chi connectivity index (χ0) is 17.8. The molecule has 0 saturated carbocycles. The monoisotopic (exact) mass is 407 g/mol. The summed E-state index contributed by atoms with van der Waals surface area (Å²) in [7, 11) is 0. The number of thioether (sulfide) groups is 2. The Hall–Kier alpha value is -1.78. The van der Waals surface area contributed by atoms with Crippen molar-refractivity contribution >= 4 is 44.2 Å². The van der Waals surface area contributed by atoms with Gasteiger partial charge < -0.3 is 9.47 Å². The zero-order valence-electron chi connectivity index (χ0n) is 14.1. The minimum Gasteiger partial charge on any atom is -0.490 e. The van der Waals surface area contributed by atoms with Crippen LogP contribution in [0, 0.1) is 0 Å². The molecule has 0 saturated heterocycles.